The van der Waals surface area contributed by atoms with Crippen molar-refractivity contribution in [2.75, 3.05) is 0 Å². The largest absolute Gasteiger partial charge is 0.453 e. The van der Waals surface area contributed by atoms with Gasteiger partial charge in [-0.2, -0.15) is 0 Å². The van der Waals surface area contributed by atoms with Crippen LogP contribution < -0.4 is 0 Å². The van der Waals surface area contributed by atoms with Gasteiger partial charge in [0.1, 0.15) is 11.1 Å². The van der Waals surface area contributed by atoms with Gasteiger partial charge in [-0.25, -0.2) is 9.97 Å². The summed E-state index contributed by atoms with van der Waals surface area (Å²) in [5, 5.41) is 1.02. The molecule has 6 aromatic carbocycles. The van der Waals surface area contributed by atoms with Crippen molar-refractivity contribution in [1.82, 2.24) is 15.0 Å². The van der Waals surface area contributed by atoms with Crippen LogP contribution in [0.4, 0.5) is 0 Å². The van der Waals surface area contributed by atoms with E-state index in [2.05, 4.69) is 121 Å². The first-order chi connectivity index (χ1) is 24.3. The smallest absolute Gasteiger partial charge is 0.161 e. The Balaban J connectivity index is 1.04. The molecule has 0 bridgehead atoms. The molecule has 0 atom stereocenters. The number of hydrogen-bond acceptors (Lipinski definition) is 4. The topological polar surface area (TPSA) is 51.8 Å². The average molecular weight is 628 g/mol. The maximum atomic E-state index is 6.59. The Morgan fingerprint density at radius 3 is 1.45 bits per heavy atom. The number of aromatic nitrogens is 3. The monoisotopic (exact) mass is 627 g/mol. The molecule has 0 saturated carbocycles. The highest BCUT2D eigenvalue weighted by Gasteiger charge is 2.17. The highest BCUT2D eigenvalue weighted by Crippen LogP contribution is 2.39. The molecule has 9 rings (SSSR count). The summed E-state index contributed by atoms with van der Waals surface area (Å²) in [6.07, 6.45) is 1.87. The third-order valence-corrected chi connectivity index (χ3v) is 9.00. The molecule has 0 fully saturated rings. The van der Waals surface area contributed by atoms with Crippen molar-refractivity contribution in [3.8, 4) is 67.3 Å². The molecule has 4 nitrogen and oxygen atoms in total. The molecule has 0 saturated heterocycles. The number of nitrogens with zero attached hydrogens (tertiary/aromatic N) is 3. The van der Waals surface area contributed by atoms with Crippen molar-refractivity contribution in [2.24, 2.45) is 0 Å². The van der Waals surface area contributed by atoms with E-state index >= 15 is 0 Å². The van der Waals surface area contributed by atoms with Gasteiger partial charge in [0.25, 0.3) is 0 Å². The summed E-state index contributed by atoms with van der Waals surface area (Å²) >= 11 is 0. The third kappa shape index (κ3) is 5.35. The molecule has 0 amide bonds. The van der Waals surface area contributed by atoms with Crippen molar-refractivity contribution in [3.05, 3.63) is 176 Å². The van der Waals surface area contributed by atoms with E-state index in [0.717, 1.165) is 83.5 Å². The van der Waals surface area contributed by atoms with Gasteiger partial charge in [-0.1, -0.05) is 152 Å². The van der Waals surface area contributed by atoms with Crippen molar-refractivity contribution in [3.63, 3.8) is 0 Å². The van der Waals surface area contributed by atoms with Gasteiger partial charge in [0.15, 0.2) is 11.4 Å². The lowest BCUT2D eigenvalue weighted by atomic mass is 9.99. The summed E-state index contributed by atoms with van der Waals surface area (Å²) in [5.74, 6) is 0.699. The van der Waals surface area contributed by atoms with E-state index in [1.165, 1.54) is 0 Å². The van der Waals surface area contributed by atoms with Gasteiger partial charge < -0.3 is 4.42 Å². The summed E-state index contributed by atoms with van der Waals surface area (Å²) in [7, 11) is 0. The molecule has 0 N–H and O–H groups in total. The Hall–Kier alpha value is -6.65. The number of pyridine rings is 1. The molecule has 0 aliphatic carbocycles. The SMILES string of the molecule is c1ccc(-c2cc(-c3ccccc3)nc(-c3ccc(-c4ccc(-c5ccnc6c5oc5c(-c7ccccc7)cccc56)cc4)cc3)n2)cc1. The average Bonchev–Trinajstić information content (AvgIpc) is 3.58. The highest BCUT2D eigenvalue weighted by atomic mass is 16.3. The van der Waals surface area contributed by atoms with Gasteiger partial charge in [0, 0.05) is 39.4 Å². The fourth-order valence-electron chi connectivity index (χ4n) is 6.50. The lowest BCUT2D eigenvalue weighted by Crippen LogP contribution is -1.95. The van der Waals surface area contributed by atoms with E-state index in [9.17, 15) is 0 Å². The Kier molecular flexibility index (Phi) is 7.10. The number of para-hydroxylation sites is 1. The predicted octanol–water partition coefficient (Wildman–Crippen LogP) is 11.8. The van der Waals surface area contributed by atoms with Crippen LogP contribution in [0.1, 0.15) is 0 Å². The Labute approximate surface area is 284 Å². The molecule has 0 aliphatic rings. The third-order valence-electron chi connectivity index (χ3n) is 9.00. The maximum Gasteiger partial charge on any atom is 0.161 e. The Bertz CT molecular complexity index is 2500. The molecule has 230 valence electrons. The number of benzene rings is 6. The zero-order chi connectivity index (χ0) is 32.6. The van der Waals surface area contributed by atoms with Crippen LogP contribution in [0.3, 0.4) is 0 Å². The summed E-state index contributed by atoms with van der Waals surface area (Å²) in [6.45, 7) is 0. The number of furan rings is 1. The highest BCUT2D eigenvalue weighted by molar-refractivity contribution is 6.11. The van der Waals surface area contributed by atoms with Gasteiger partial charge in [0.2, 0.25) is 0 Å². The van der Waals surface area contributed by atoms with Crippen LogP contribution in [0.5, 0.6) is 0 Å². The molecule has 4 heteroatoms. The van der Waals surface area contributed by atoms with Crippen molar-refractivity contribution in [2.45, 2.75) is 0 Å². The standard InChI is InChI=1S/C45H29N3O/c1-4-11-32(12-5-1)37-17-10-18-39-42-44(49-43(37)39)38(27-28-46-42)33-23-19-30(20-24-33)31-21-25-36(26-22-31)45-47-40(34-13-6-2-7-14-34)29-41(48-45)35-15-8-3-9-16-35/h1-29H. The predicted molar refractivity (Wildman–Crippen MR) is 200 cm³/mol. The van der Waals surface area contributed by atoms with Crippen molar-refractivity contribution >= 4 is 22.1 Å². The van der Waals surface area contributed by atoms with Crippen molar-refractivity contribution in [1.29, 1.82) is 0 Å². The van der Waals surface area contributed by atoms with Gasteiger partial charge in [-0.05, 0) is 40.5 Å². The zero-order valence-electron chi connectivity index (χ0n) is 26.5. The molecular formula is C45H29N3O. The second kappa shape index (κ2) is 12.2. The van der Waals surface area contributed by atoms with Crippen LogP contribution in [-0.4, -0.2) is 15.0 Å². The first kappa shape index (κ1) is 28.6. The zero-order valence-corrected chi connectivity index (χ0v) is 26.5. The van der Waals surface area contributed by atoms with E-state index in [-0.39, 0.29) is 0 Å². The fraction of sp³-hybridized carbons (Fsp3) is 0. The maximum absolute atomic E-state index is 6.59. The van der Waals surface area contributed by atoms with E-state index in [4.69, 9.17) is 19.4 Å². The minimum atomic E-state index is 0.699. The van der Waals surface area contributed by atoms with E-state index in [0.29, 0.717) is 5.82 Å². The lowest BCUT2D eigenvalue weighted by molar-refractivity contribution is 0.670. The second-order valence-electron chi connectivity index (χ2n) is 12.0. The van der Waals surface area contributed by atoms with Crippen LogP contribution in [-0.2, 0) is 0 Å². The molecule has 0 radical (unpaired) electrons. The van der Waals surface area contributed by atoms with Crippen LogP contribution in [0.25, 0.3) is 89.4 Å². The minimum Gasteiger partial charge on any atom is -0.453 e. The van der Waals surface area contributed by atoms with Gasteiger partial charge >= 0.3 is 0 Å². The van der Waals surface area contributed by atoms with Crippen LogP contribution >= 0.6 is 0 Å². The van der Waals surface area contributed by atoms with Gasteiger partial charge in [-0.3, -0.25) is 4.98 Å². The van der Waals surface area contributed by atoms with Gasteiger partial charge in [-0.15, -0.1) is 0 Å². The molecule has 3 aromatic heterocycles. The molecule has 0 unspecified atom stereocenters. The molecule has 0 aliphatic heterocycles. The van der Waals surface area contributed by atoms with E-state index in [1.54, 1.807) is 0 Å². The number of fused-ring (bicyclic) bond motifs is 3. The summed E-state index contributed by atoms with van der Waals surface area (Å²) in [5.41, 5.74) is 13.9. The van der Waals surface area contributed by atoms with E-state index in [1.807, 2.05) is 54.7 Å². The number of rotatable bonds is 6. The first-order valence-corrected chi connectivity index (χ1v) is 16.4. The molecular weight excluding hydrogens is 599 g/mol. The first-order valence-electron chi connectivity index (χ1n) is 16.4. The van der Waals surface area contributed by atoms with Crippen LogP contribution in [0.15, 0.2) is 180 Å². The van der Waals surface area contributed by atoms with Crippen molar-refractivity contribution < 1.29 is 4.42 Å². The van der Waals surface area contributed by atoms with E-state index < -0.39 is 0 Å². The summed E-state index contributed by atoms with van der Waals surface area (Å²) < 4.78 is 6.59. The lowest BCUT2D eigenvalue weighted by Gasteiger charge is -2.10. The fourth-order valence-corrected chi connectivity index (χ4v) is 6.50. The second-order valence-corrected chi connectivity index (χ2v) is 12.0. The van der Waals surface area contributed by atoms with Crippen LogP contribution in [0, 0.1) is 0 Å². The molecule has 0 spiro atoms. The molecule has 3 heterocycles. The molecule has 9 aromatic rings. The summed E-state index contributed by atoms with van der Waals surface area (Å²) in [6, 6.07) is 58.4. The Morgan fingerprint density at radius 1 is 0.367 bits per heavy atom. The summed E-state index contributed by atoms with van der Waals surface area (Å²) in [4.78, 5) is 14.7. The quantitative estimate of drug-likeness (QED) is 0.184. The minimum absolute atomic E-state index is 0.699. The van der Waals surface area contributed by atoms with Gasteiger partial charge in [0.05, 0.1) is 11.4 Å². The van der Waals surface area contributed by atoms with Crippen LogP contribution in [0.2, 0.25) is 0 Å². The molecule has 49 heavy (non-hydrogen) atoms. The number of hydrogen-bond donors (Lipinski definition) is 0. The normalized spacial score (nSPS) is 11.3. The Morgan fingerprint density at radius 2 is 0.857 bits per heavy atom.